The normalized spacial score (nSPS) is 11.4. The number of hydrogen-bond acceptors (Lipinski definition) is 3. The van der Waals surface area contributed by atoms with Crippen molar-refractivity contribution in [2.75, 3.05) is 13.2 Å². The third-order valence-corrected chi connectivity index (χ3v) is 1.89. The zero-order chi connectivity index (χ0) is 11.0. The van der Waals surface area contributed by atoms with Gasteiger partial charge in [-0.2, -0.15) is 0 Å². The van der Waals surface area contributed by atoms with Crippen molar-refractivity contribution in [1.82, 2.24) is 5.32 Å². The zero-order valence-corrected chi connectivity index (χ0v) is 9.43. The smallest absolute Gasteiger partial charge is 0.248 e. The maximum absolute atomic E-state index is 10.9. The van der Waals surface area contributed by atoms with E-state index in [9.17, 15) is 4.79 Å². The van der Waals surface area contributed by atoms with Crippen LogP contribution in [0.3, 0.4) is 0 Å². The summed E-state index contributed by atoms with van der Waals surface area (Å²) in [6, 6.07) is 0. The number of nitrogens with one attached hydrogen (secondary N) is 1. The van der Waals surface area contributed by atoms with Gasteiger partial charge in [0.2, 0.25) is 5.91 Å². The van der Waals surface area contributed by atoms with Crippen molar-refractivity contribution < 1.29 is 9.63 Å². The van der Waals surface area contributed by atoms with Gasteiger partial charge in [-0.1, -0.05) is 27.2 Å². The van der Waals surface area contributed by atoms with Crippen LogP contribution in [0, 0.1) is 5.41 Å². The molecule has 0 rings (SSSR count). The summed E-state index contributed by atoms with van der Waals surface area (Å²) in [5, 5.41) is 2.73. The summed E-state index contributed by atoms with van der Waals surface area (Å²) in [5.41, 5.74) is 0.379. The number of rotatable bonds is 6. The second-order valence-electron chi connectivity index (χ2n) is 4.68. The Bertz CT molecular complexity index is 164. The van der Waals surface area contributed by atoms with E-state index in [2.05, 4.69) is 30.9 Å². The van der Waals surface area contributed by atoms with Crippen molar-refractivity contribution >= 4 is 5.91 Å². The lowest BCUT2D eigenvalue weighted by Crippen LogP contribution is -2.29. The molecule has 0 aromatic heterocycles. The van der Waals surface area contributed by atoms with E-state index in [1.165, 1.54) is 6.42 Å². The molecule has 0 aliphatic carbocycles. The number of carbonyl (C=O) groups excluding carboxylic acids is 1. The van der Waals surface area contributed by atoms with E-state index >= 15 is 0 Å². The fourth-order valence-electron chi connectivity index (χ4n) is 1.13. The van der Waals surface area contributed by atoms with Gasteiger partial charge in [-0.3, -0.25) is 9.63 Å². The topological polar surface area (TPSA) is 64.3 Å². The summed E-state index contributed by atoms with van der Waals surface area (Å²) in [5.74, 6) is 4.61. The molecule has 0 unspecified atom stereocenters. The number of nitrogens with two attached hydrogens (primary N) is 1. The Morgan fingerprint density at radius 1 is 1.36 bits per heavy atom. The van der Waals surface area contributed by atoms with Gasteiger partial charge in [0.15, 0.2) is 0 Å². The van der Waals surface area contributed by atoms with E-state index in [0.717, 1.165) is 12.8 Å². The maximum Gasteiger partial charge on any atom is 0.248 e. The molecular formula is C10H22N2O2. The Labute approximate surface area is 86.1 Å². The SMILES string of the molecule is CC(C)(C)CCCCNC(=O)CON. The maximum atomic E-state index is 10.9. The third-order valence-electron chi connectivity index (χ3n) is 1.89. The van der Waals surface area contributed by atoms with Crippen LogP contribution in [-0.2, 0) is 9.63 Å². The first kappa shape index (κ1) is 13.4. The molecule has 4 heteroatoms. The minimum atomic E-state index is -0.150. The van der Waals surface area contributed by atoms with Gasteiger partial charge >= 0.3 is 0 Å². The van der Waals surface area contributed by atoms with Crippen LogP contribution < -0.4 is 11.2 Å². The fraction of sp³-hybridized carbons (Fsp3) is 0.900. The van der Waals surface area contributed by atoms with Crippen LogP contribution in [0.4, 0.5) is 0 Å². The van der Waals surface area contributed by atoms with Gasteiger partial charge in [-0.25, -0.2) is 5.90 Å². The molecule has 0 aromatic carbocycles. The predicted molar refractivity (Wildman–Crippen MR) is 56.5 cm³/mol. The molecular weight excluding hydrogens is 180 g/mol. The van der Waals surface area contributed by atoms with Crippen LogP contribution in [-0.4, -0.2) is 19.1 Å². The average Bonchev–Trinajstić information content (AvgIpc) is 2.02. The van der Waals surface area contributed by atoms with Crippen molar-refractivity contribution in [2.24, 2.45) is 11.3 Å². The summed E-state index contributed by atoms with van der Waals surface area (Å²) in [6.45, 7) is 7.30. The van der Waals surface area contributed by atoms with E-state index in [4.69, 9.17) is 5.90 Å². The fourth-order valence-corrected chi connectivity index (χ4v) is 1.13. The van der Waals surface area contributed by atoms with Crippen LogP contribution in [0.5, 0.6) is 0 Å². The Hall–Kier alpha value is -0.610. The van der Waals surface area contributed by atoms with E-state index in [1.807, 2.05) is 0 Å². The highest BCUT2D eigenvalue weighted by Crippen LogP contribution is 2.20. The summed E-state index contributed by atoms with van der Waals surface area (Å²) in [7, 11) is 0. The molecule has 0 saturated heterocycles. The second-order valence-corrected chi connectivity index (χ2v) is 4.68. The molecule has 0 fully saturated rings. The molecule has 3 N–H and O–H groups in total. The standard InChI is InChI=1S/C10H22N2O2/c1-10(2,3)6-4-5-7-12-9(13)8-14-11/h4-8,11H2,1-3H3,(H,12,13). The highest BCUT2D eigenvalue weighted by Gasteiger charge is 2.08. The summed E-state index contributed by atoms with van der Waals surface area (Å²) in [6.07, 6.45) is 3.32. The molecule has 0 heterocycles. The van der Waals surface area contributed by atoms with Crippen LogP contribution in [0.1, 0.15) is 40.0 Å². The molecule has 0 spiro atoms. The van der Waals surface area contributed by atoms with E-state index in [0.29, 0.717) is 12.0 Å². The van der Waals surface area contributed by atoms with E-state index < -0.39 is 0 Å². The van der Waals surface area contributed by atoms with Gasteiger partial charge in [0.25, 0.3) is 0 Å². The first-order valence-electron chi connectivity index (χ1n) is 5.04. The molecule has 0 aliphatic heterocycles. The molecule has 1 amide bonds. The molecule has 0 atom stereocenters. The summed E-state index contributed by atoms with van der Waals surface area (Å²) < 4.78 is 0. The Kier molecular flexibility index (Phi) is 6.49. The van der Waals surface area contributed by atoms with Gasteiger partial charge in [0.1, 0.15) is 6.61 Å². The molecule has 4 nitrogen and oxygen atoms in total. The third kappa shape index (κ3) is 9.48. The van der Waals surface area contributed by atoms with Crippen LogP contribution >= 0.6 is 0 Å². The van der Waals surface area contributed by atoms with Gasteiger partial charge in [-0.05, 0) is 18.3 Å². The van der Waals surface area contributed by atoms with Gasteiger partial charge in [-0.15, -0.1) is 0 Å². The molecule has 0 saturated carbocycles. The lowest BCUT2D eigenvalue weighted by atomic mass is 9.90. The van der Waals surface area contributed by atoms with Crippen LogP contribution in [0.2, 0.25) is 0 Å². The molecule has 0 aromatic rings. The van der Waals surface area contributed by atoms with Crippen molar-refractivity contribution in [3.8, 4) is 0 Å². The van der Waals surface area contributed by atoms with Crippen molar-refractivity contribution in [3.05, 3.63) is 0 Å². The molecule has 0 bridgehead atoms. The Balaban J connectivity index is 3.26. The number of hydrogen-bond donors (Lipinski definition) is 2. The summed E-state index contributed by atoms with van der Waals surface area (Å²) >= 11 is 0. The molecule has 14 heavy (non-hydrogen) atoms. The van der Waals surface area contributed by atoms with Gasteiger partial charge < -0.3 is 5.32 Å². The molecule has 84 valence electrons. The highest BCUT2D eigenvalue weighted by molar-refractivity contribution is 5.77. The van der Waals surface area contributed by atoms with Crippen molar-refractivity contribution in [1.29, 1.82) is 0 Å². The number of amides is 1. The second kappa shape index (κ2) is 6.79. The Morgan fingerprint density at radius 2 is 2.00 bits per heavy atom. The largest absolute Gasteiger partial charge is 0.354 e. The zero-order valence-electron chi connectivity index (χ0n) is 9.43. The van der Waals surface area contributed by atoms with E-state index in [-0.39, 0.29) is 12.5 Å². The van der Waals surface area contributed by atoms with Crippen LogP contribution in [0.25, 0.3) is 0 Å². The summed E-state index contributed by atoms with van der Waals surface area (Å²) in [4.78, 5) is 15.1. The van der Waals surface area contributed by atoms with E-state index in [1.54, 1.807) is 0 Å². The highest BCUT2D eigenvalue weighted by atomic mass is 16.6. The van der Waals surface area contributed by atoms with Crippen molar-refractivity contribution in [3.63, 3.8) is 0 Å². The van der Waals surface area contributed by atoms with Crippen molar-refractivity contribution in [2.45, 2.75) is 40.0 Å². The Morgan fingerprint density at radius 3 is 2.50 bits per heavy atom. The van der Waals surface area contributed by atoms with Gasteiger partial charge in [0, 0.05) is 6.54 Å². The number of unbranched alkanes of at least 4 members (excludes halogenated alkanes) is 1. The first-order valence-corrected chi connectivity index (χ1v) is 5.04. The predicted octanol–water partition coefficient (Wildman–Crippen LogP) is 1.21. The van der Waals surface area contributed by atoms with Gasteiger partial charge in [0.05, 0.1) is 0 Å². The average molecular weight is 202 g/mol. The first-order chi connectivity index (χ1) is 6.45. The van der Waals surface area contributed by atoms with Crippen LogP contribution in [0.15, 0.2) is 0 Å². The lowest BCUT2D eigenvalue weighted by Gasteiger charge is -2.17. The quantitative estimate of drug-likeness (QED) is 0.502. The number of carbonyl (C=O) groups is 1. The molecule has 0 aliphatic rings. The monoisotopic (exact) mass is 202 g/mol. The molecule has 0 radical (unpaired) electrons. The lowest BCUT2D eigenvalue weighted by molar-refractivity contribution is -0.125. The minimum absolute atomic E-state index is 0.0563. The minimum Gasteiger partial charge on any atom is -0.354 e.